The number of benzene rings is 1. The van der Waals surface area contributed by atoms with Crippen LogP contribution in [0.15, 0.2) is 37.4 Å². The molecule has 0 atom stereocenters. The summed E-state index contributed by atoms with van der Waals surface area (Å²) in [4.78, 5) is 24.9. The predicted molar refractivity (Wildman–Crippen MR) is 115 cm³/mol. The second-order valence-electron chi connectivity index (χ2n) is 8.15. The van der Waals surface area contributed by atoms with Crippen LogP contribution in [0, 0.1) is 0 Å². The van der Waals surface area contributed by atoms with Gasteiger partial charge in [0.15, 0.2) is 0 Å². The highest BCUT2D eigenvalue weighted by Gasteiger charge is 2.20. The van der Waals surface area contributed by atoms with Crippen molar-refractivity contribution in [2.24, 2.45) is 0 Å². The molecule has 1 aromatic rings. The number of carbonyl (C=O) groups excluding carboxylic acids is 2. The van der Waals surface area contributed by atoms with Gasteiger partial charge in [0.2, 0.25) is 0 Å². The molecule has 2 aliphatic rings. The van der Waals surface area contributed by atoms with Gasteiger partial charge in [-0.05, 0) is 36.8 Å². The molecular weight excluding hydrogens is 348 g/mol. The van der Waals surface area contributed by atoms with E-state index in [1.54, 1.807) is 0 Å². The predicted octanol–water partition coefficient (Wildman–Crippen LogP) is 4.61. The molecule has 0 bridgehead atoms. The summed E-state index contributed by atoms with van der Waals surface area (Å²) >= 11 is 0. The van der Waals surface area contributed by atoms with Crippen LogP contribution >= 0.6 is 0 Å². The maximum absolute atomic E-state index is 12.5. The summed E-state index contributed by atoms with van der Waals surface area (Å²) in [6.07, 6.45) is 11.4. The Hall–Kier alpha value is -2.36. The Bertz CT molecular complexity index is 660. The molecule has 0 heterocycles. The Morgan fingerprint density at radius 3 is 1.29 bits per heavy atom. The fourth-order valence-electron chi connectivity index (χ4n) is 4.17. The molecule has 0 aliphatic heterocycles. The summed E-state index contributed by atoms with van der Waals surface area (Å²) in [6, 6.07) is 7.91. The van der Waals surface area contributed by atoms with E-state index in [0.717, 1.165) is 36.8 Å². The summed E-state index contributed by atoms with van der Waals surface area (Å²) < 4.78 is 0. The van der Waals surface area contributed by atoms with Crippen LogP contribution in [0.2, 0.25) is 0 Å². The van der Waals surface area contributed by atoms with E-state index in [-0.39, 0.29) is 23.9 Å². The van der Waals surface area contributed by atoms with Gasteiger partial charge in [-0.25, -0.2) is 0 Å². The van der Waals surface area contributed by atoms with Crippen molar-refractivity contribution in [3.8, 4) is 0 Å². The first-order valence-electron chi connectivity index (χ1n) is 10.6. The molecule has 0 spiro atoms. The van der Waals surface area contributed by atoms with Crippen molar-refractivity contribution in [3.05, 3.63) is 48.6 Å². The number of amides is 2. The van der Waals surface area contributed by atoms with Crippen LogP contribution in [0.25, 0.3) is 11.1 Å². The molecule has 4 heteroatoms. The number of hydrogen-bond donors (Lipinski definition) is 2. The maximum atomic E-state index is 12.5. The zero-order chi connectivity index (χ0) is 19.9. The van der Waals surface area contributed by atoms with Crippen LogP contribution in [-0.2, 0) is 9.59 Å². The third-order valence-electron chi connectivity index (χ3n) is 6.01. The van der Waals surface area contributed by atoms with Crippen molar-refractivity contribution < 1.29 is 9.59 Å². The van der Waals surface area contributed by atoms with Gasteiger partial charge in [0.25, 0.3) is 11.8 Å². The van der Waals surface area contributed by atoms with Crippen molar-refractivity contribution in [2.45, 2.75) is 76.3 Å². The van der Waals surface area contributed by atoms with E-state index in [4.69, 9.17) is 0 Å². The molecule has 150 valence electrons. The highest BCUT2D eigenvalue weighted by Crippen LogP contribution is 2.22. The lowest BCUT2D eigenvalue weighted by molar-refractivity contribution is -0.117. The van der Waals surface area contributed by atoms with Gasteiger partial charge in [-0.15, -0.1) is 0 Å². The Kier molecular flexibility index (Phi) is 7.07. The highest BCUT2D eigenvalue weighted by atomic mass is 16.2. The van der Waals surface area contributed by atoms with Gasteiger partial charge < -0.3 is 10.6 Å². The SMILES string of the molecule is C=C(C(=O)NC1CCCCC1)c1ccc(C(=C)C(=O)NC2CCCCC2)cc1. The smallest absolute Gasteiger partial charge is 0.251 e. The third kappa shape index (κ3) is 5.34. The van der Waals surface area contributed by atoms with Gasteiger partial charge in [-0.2, -0.15) is 0 Å². The van der Waals surface area contributed by atoms with Gasteiger partial charge in [-0.3, -0.25) is 9.59 Å². The minimum Gasteiger partial charge on any atom is -0.349 e. The zero-order valence-corrected chi connectivity index (χ0v) is 16.8. The minimum atomic E-state index is -0.103. The Labute approximate surface area is 168 Å². The van der Waals surface area contributed by atoms with Crippen molar-refractivity contribution >= 4 is 23.0 Å². The standard InChI is InChI=1S/C24H32N2O2/c1-17(23(27)25-21-9-5-3-6-10-21)19-13-15-20(16-14-19)18(2)24(28)26-22-11-7-4-8-12-22/h13-16,21-22H,1-12H2,(H,25,27)(H,26,28). The van der Waals surface area contributed by atoms with Crippen LogP contribution in [0.3, 0.4) is 0 Å². The highest BCUT2D eigenvalue weighted by molar-refractivity contribution is 6.20. The molecule has 2 amide bonds. The van der Waals surface area contributed by atoms with Crippen molar-refractivity contribution in [3.63, 3.8) is 0 Å². The fraction of sp³-hybridized carbons (Fsp3) is 0.500. The van der Waals surface area contributed by atoms with E-state index in [1.165, 1.54) is 38.5 Å². The Morgan fingerprint density at radius 2 is 0.964 bits per heavy atom. The lowest BCUT2D eigenvalue weighted by Gasteiger charge is -2.23. The lowest BCUT2D eigenvalue weighted by atomic mass is 9.94. The van der Waals surface area contributed by atoms with Crippen molar-refractivity contribution in [1.82, 2.24) is 10.6 Å². The van der Waals surface area contributed by atoms with Crippen LogP contribution in [-0.4, -0.2) is 23.9 Å². The first-order chi connectivity index (χ1) is 13.5. The Morgan fingerprint density at radius 1 is 0.643 bits per heavy atom. The minimum absolute atomic E-state index is 0.103. The average Bonchev–Trinajstić information content (AvgIpc) is 2.74. The molecule has 0 unspecified atom stereocenters. The first kappa shape index (κ1) is 20.4. The summed E-state index contributed by atoms with van der Waals surface area (Å²) in [5, 5.41) is 6.20. The monoisotopic (exact) mass is 380 g/mol. The zero-order valence-electron chi connectivity index (χ0n) is 16.8. The molecule has 1 aromatic carbocycles. The molecule has 0 radical (unpaired) electrons. The molecule has 0 aromatic heterocycles. The van der Waals surface area contributed by atoms with Crippen molar-refractivity contribution in [1.29, 1.82) is 0 Å². The molecule has 2 N–H and O–H groups in total. The van der Waals surface area contributed by atoms with Gasteiger partial charge in [0.1, 0.15) is 0 Å². The van der Waals surface area contributed by atoms with Crippen molar-refractivity contribution in [2.75, 3.05) is 0 Å². The molecule has 2 saturated carbocycles. The van der Waals surface area contributed by atoms with Gasteiger partial charge in [-0.1, -0.05) is 75.9 Å². The first-order valence-corrected chi connectivity index (χ1v) is 10.6. The lowest BCUT2D eigenvalue weighted by Crippen LogP contribution is -2.36. The molecule has 3 rings (SSSR count). The summed E-state index contributed by atoms with van der Waals surface area (Å²) in [7, 11) is 0. The Balaban J connectivity index is 1.55. The van der Waals surface area contributed by atoms with Crippen LogP contribution in [0.4, 0.5) is 0 Å². The van der Waals surface area contributed by atoms with Crippen LogP contribution in [0.5, 0.6) is 0 Å². The van der Waals surface area contributed by atoms with Gasteiger partial charge in [0.05, 0.1) is 0 Å². The second kappa shape index (κ2) is 9.72. The molecule has 2 fully saturated rings. The molecular formula is C24H32N2O2. The topological polar surface area (TPSA) is 58.2 Å². The maximum Gasteiger partial charge on any atom is 0.251 e. The number of rotatable bonds is 6. The molecule has 28 heavy (non-hydrogen) atoms. The van der Waals surface area contributed by atoms with Crippen LogP contribution < -0.4 is 10.6 Å². The van der Waals surface area contributed by atoms with Gasteiger partial charge in [0, 0.05) is 23.2 Å². The number of carbonyl (C=O) groups is 2. The van der Waals surface area contributed by atoms with E-state index in [0.29, 0.717) is 11.1 Å². The summed E-state index contributed by atoms with van der Waals surface area (Å²) in [5.41, 5.74) is 2.49. The van der Waals surface area contributed by atoms with E-state index >= 15 is 0 Å². The second-order valence-corrected chi connectivity index (χ2v) is 8.15. The van der Waals surface area contributed by atoms with Crippen LogP contribution in [0.1, 0.15) is 75.3 Å². The summed E-state index contributed by atoms with van der Waals surface area (Å²) in [5.74, 6) is -0.206. The third-order valence-corrected chi connectivity index (χ3v) is 6.01. The molecule has 4 nitrogen and oxygen atoms in total. The summed E-state index contributed by atoms with van der Waals surface area (Å²) in [6.45, 7) is 7.93. The number of nitrogens with one attached hydrogen (secondary N) is 2. The fourth-order valence-corrected chi connectivity index (χ4v) is 4.17. The normalized spacial score (nSPS) is 18.3. The van der Waals surface area contributed by atoms with E-state index < -0.39 is 0 Å². The quantitative estimate of drug-likeness (QED) is 0.708. The van der Waals surface area contributed by atoms with Gasteiger partial charge >= 0.3 is 0 Å². The average molecular weight is 381 g/mol. The van der Waals surface area contributed by atoms with E-state index in [1.807, 2.05) is 24.3 Å². The number of hydrogen-bond acceptors (Lipinski definition) is 2. The largest absolute Gasteiger partial charge is 0.349 e. The molecule has 0 saturated heterocycles. The molecule has 2 aliphatic carbocycles. The van der Waals surface area contributed by atoms with E-state index in [9.17, 15) is 9.59 Å². The van der Waals surface area contributed by atoms with E-state index in [2.05, 4.69) is 23.8 Å².